The highest BCUT2D eigenvalue weighted by molar-refractivity contribution is 5.81. The Labute approximate surface area is 125 Å². The summed E-state index contributed by atoms with van der Waals surface area (Å²) in [5.74, 6) is 1.25. The predicted octanol–water partition coefficient (Wildman–Crippen LogP) is 1.43. The van der Waals surface area contributed by atoms with Crippen LogP contribution in [0.3, 0.4) is 0 Å². The fraction of sp³-hybridized carbons (Fsp3) is 0.562. The van der Waals surface area contributed by atoms with Gasteiger partial charge >= 0.3 is 0 Å². The molecule has 0 unspecified atom stereocenters. The molecule has 1 N–H and O–H groups in total. The molecule has 1 fully saturated rings. The van der Waals surface area contributed by atoms with Crippen LogP contribution in [0.5, 0.6) is 11.5 Å². The Bertz CT molecular complexity index is 486. The van der Waals surface area contributed by atoms with Gasteiger partial charge in [0, 0.05) is 6.54 Å². The van der Waals surface area contributed by atoms with Gasteiger partial charge in [-0.2, -0.15) is 0 Å². The van der Waals surface area contributed by atoms with E-state index in [1.165, 1.54) is 25.9 Å². The van der Waals surface area contributed by atoms with E-state index in [9.17, 15) is 4.79 Å². The Hall–Kier alpha value is -1.75. The molecule has 5 heteroatoms. The number of nitrogens with zero attached hydrogens (tertiary/aromatic N) is 1. The van der Waals surface area contributed by atoms with Gasteiger partial charge in [0.25, 0.3) is 5.91 Å². The van der Waals surface area contributed by atoms with Crippen molar-refractivity contribution in [1.82, 2.24) is 10.2 Å². The summed E-state index contributed by atoms with van der Waals surface area (Å²) in [6.07, 6.45) is 3.04. The number of fused-ring (bicyclic) bond motifs is 1. The lowest BCUT2D eigenvalue weighted by Gasteiger charge is -2.25. The summed E-state index contributed by atoms with van der Waals surface area (Å²) < 4.78 is 11.2. The zero-order valence-corrected chi connectivity index (χ0v) is 12.2. The number of likely N-dealkylation sites (tertiary alicyclic amines) is 1. The van der Waals surface area contributed by atoms with Gasteiger partial charge in [-0.05, 0) is 51.0 Å². The maximum Gasteiger partial charge on any atom is 0.264 e. The van der Waals surface area contributed by atoms with Crippen LogP contribution < -0.4 is 14.8 Å². The van der Waals surface area contributed by atoms with Gasteiger partial charge < -0.3 is 19.7 Å². The Morgan fingerprint density at radius 3 is 2.81 bits per heavy atom. The number of para-hydroxylation sites is 2. The highest BCUT2D eigenvalue weighted by Gasteiger charge is 2.26. The van der Waals surface area contributed by atoms with Gasteiger partial charge in [0.1, 0.15) is 6.61 Å². The molecule has 1 aromatic rings. The number of rotatable bonds is 5. The molecule has 0 radical (unpaired) electrons. The molecule has 2 aliphatic heterocycles. The van der Waals surface area contributed by atoms with Crippen LogP contribution in [-0.2, 0) is 4.79 Å². The number of benzene rings is 1. The van der Waals surface area contributed by atoms with Crippen LogP contribution in [-0.4, -0.2) is 49.7 Å². The molecule has 1 aromatic carbocycles. The van der Waals surface area contributed by atoms with Crippen LogP contribution in [0, 0.1) is 0 Å². The number of hydrogen-bond donors (Lipinski definition) is 1. The van der Waals surface area contributed by atoms with Crippen molar-refractivity contribution in [2.75, 3.05) is 32.8 Å². The third-order valence-electron chi connectivity index (χ3n) is 3.95. The van der Waals surface area contributed by atoms with Crippen LogP contribution in [0.15, 0.2) is 24.3 Å². The summed E-state index contributed by atoms with van der Waals surface area (Å²) >= 11 is 0. The van der Waals surface area contributed by atoms with Gasteiger partial charge in [-0.3, -0.25) is 4.79 Å². The Morgan fingerprint density at radius 2 is 2.00 bits per heavy atom. The molecule has 2 heterocycles. The molecule has 1 atom stereocenters. The van der Waals surface area contributed by atoms with E-state index in [1.54, 1.807) is 0 Å². The number of amides is 1. The molecule has 0 bridgehead atoms. The molecular weight excluding hydrogens is 268 g/mol. The van der Waals surface area contributed by atoms with Crippen LogP contribution in [0.2, 0.25) is 0 Å². The monoisotopic (exact) mass is 290 g/mol. The second-order valence-corrected chi connectivity index (χ2v) is 5.56. The fourth-order valence-electron chi connectivity index (χ4n) is 2.78. The minimum absolute atomic E-state index is 0.0917. The lowest BCUT2D eigenvalue weighted by molar-refractivity contribution is -0.130. The van der Waals surface area contributed by atoms with Crippen molar-refractivity contribution in [2.24, 2.45) is 0 Å². The van der Waals surface area contributed by atoms with Crippen molar-refractivity contribution < 1.29 is 14.3 Å². The lowest BCUT2D eigenvalue weighted by atomic mass is 10.2. The van der Waals surface area contributed by atoms with Crippen molar-refractivity contribution >= 4 is 5.91 Å². The molecule has 2 aliphatic rings. The van der Waals surface area contributed by atoms with Gasteiger partial charge in [0.05, 0.1) is 0 Å². The quantitative estimate of drug-likeness (QED) is 0.834. The summed E-state index contributed by atoms with van der Waals surface area (Å²) in [4.78, 5) is 14.5. The first-order valence-corrected chi connectivity index (χ1v) is 7.71. The number of ether oxygens (including phenoxy) is 2. The molecule has 5 nitrogen and oxygen atoms in total. The highest BCUT2D eigenvalue weighted by atomic mass is 16.6. The molecule has 3 rings (SSSR count). The molecule has 0 aromatic heterocycles. The van der Waals surface area contributed by atoms with E-state index in [0.29, 0.717) is 18.0 Å². The SMILES string of the molecule is O=C(NCCCN1CCCC1)[C@@H]1COc2ccccc2O1. The normalized spacial score (nSPS) is 21.2. The van der Waals surface area contributed by atoms with Crippen LogP contribution in [0.4, 0.5) is 0 Å². The van der Waals surface area contributed by atoms with E-state index in [1.807, 2.05) is 24.3 Å². The first kappa shape index (κ1) is 14.2. The van der Waals surface area contributed by atoms with E-state index >= 15 is 0 Å². The van der Waals surface area contributed by atoms with Crippen molar-refractivity contribution in [2.45, 2.75) is 25.4 Å². The Kier molecular flexibility index (Phi) is 4.60. The van der Waals surface area contributed by atoms with Gasteiger partial charge in [0.15, 0.2) is 11.5 Å². The third-order valence-corrected chi connectivity index (χ3v) is 3.95. The average Bonchev–Trinajstić information content (AvgIpc) is 3.04. The van der Waals surface area contributed by atoms with Crippen molar-refractivity contribution in [1.29, 1.82) is 0 Å². The molecule has 0 spiro atoms. The zero-order valence-electron chi connectivity index (χ0n) is 12.2. The largest absolute Gasteiger partial charge is 0.485 e. The van der Waals surface area contributed by atoms with Crippen LogP contribution in [0.1, 0.15) is 19.3 Å². The third kappa shape index (κ3) is 3.67. The van der Waals surface area contributed by atoms with Gasteiger partial charge in [-0.1, -0.05) is 12.1 Å². The fourth-order valence-corrected chi connectivity index (χ4v) is 2.78. The molecule has 114 valence electrons. The summed E-state index contributed by atoms with van der Waals surface area (Å²) in [6.45, 7) is 4.42. The highest BCUT2D eigenvalue weighted by Crippen LogP contribution is 2.30. The van der Waals surface area contributed by atoms with E-state index < -0.39 is 6.10 Å². The second kappa shape index (κ2) is 6.80. The Balaban J connectivity index is 1.40. The minimum atomic E-state index is -0.549. The maximum absolute atomic E-state index is 12.1. The molecule has 21 heavy (non-hydrogen) atoms. The van der Waals surface area contributed by atoms with E-state index in [2.05, 4.69) is 10.2 Å². The number of carbonyl (C=O) groups excluding carboxylic acids is 1. The van der Waals surface area contributed by atoms with Crippen molar-refractivity contribution in [3.63, 3.8) is 0 Å². The number of carbonyl (C=O) groups is 1. The minimum Gasteiger partial charge on any atom is -0.485 e. The van der Waals surface area contributed by atoms with Crippen molar-refractivity contribution in [3.8, 4) is 11.5 Å². The van der Waals surface area contributed by atoms with E-state index in [0.717, 1.165) is 13.0 Å². The number of hydrogen-bond acceptors (Lipinski definition) is 4. The van der Waals surface area contributed by atoms with E-state index in [-0.39, 0.29) is 12.5 Å². The standard InChI is InChI=1S/C16H22N2O3/c19-16(17-8-5-11-18-9-3-4-10-18)15-12-20-13-6-1-2-7-14(13)21-15/h1-2,6-7,15H,3-5,8-12H2,(H,17,19)/t15-/m0/s1. The summed E-state index contributed by atoms with van der Waals surface area (Å²) in [6, 6.07) is 7.43. The molecule has 1 saturated heterocycles. The van der Waals surface area contributed by atoms with Crippen molar-refractivity contribution in [3.05, 3.63) is 24.3 Å². The smallest absolute Gasteiger partial charge is 0.264 e. The van der Waals surface area contributed by atoms with Gasteiger partial charge in [-0.25, -0.2) is 0 Å². The zero-order chi connectivity index (χ0) is 14.5. The molecule has 0 aliphatic carbocycles. The predicted molar refractivity (Wildman–Crippen MR) is 79.7 cm³/mol. The van der Waals surface area contributed by atoms with Gasteiger partial charge in [-0.15, -0.1) is 0 Å². The Morgan fingerprint density at radius 1 is 1.24 bits per heavy atom. The summed E-state index contributed by atoms with van der Waals surface area (Å²) in [5.41, 5.74) is 0. The van der Waals surface area contributed by atoms with Gasteiger partial charge in [0.2, 0.25) is 6.10 Å². The first-order valence-electron chi connectivity index (χ1n) is 7.71. The maximum atomic E-state index is 12.1. The number of nitrogens with one attached hydrogen (secondary N) is 1. The molecular formula is C16H22N2O3. The molecule has 0 saturated carbocycles. The second-order valence-electron chi connectivity index (χ2n) is 5.56. The topological polar surface area (TPSA) is 50.8 Å². The summed E-state index contributed by atoms with van der Waals surface area (Å²) in [7, 11) is 0. The van der Waals surface area contributed by atoms with Crippen LogP contribution in [0.25, 0.3) is 0 Å². The van der Waals surface area contributed by atoms with E-state index in [4.69, 9.17) is 9.47 Å². The van der Waals surface area contributed by atoms with Crippen LogP contribution >= 0.6 is 0 Å². The summed E-state index contributed by atoms with van der Waals surface area (Å²) in [5, 5.41) is 2.94. The lowest BCUT2D eigenvalue weighted by Crippen LogP contribution is -2.44. The molecule has 1 amide bonds. The average molecular weight is 290 g/mol. The first-order chi connectivity index (χ1) is 10.3.